The molecule has 0 bridgehead atoms. The lowest BCUT2D eigenvalue weighted by Gasteiger charge is -2.16. The van der Waals surface area contributed by atoms with Gasteiger partial charge in [0.05, 0.1) is 17.8 Å². The van der Waals surface area contributed by atoms with Gasteiger partial charge >= 0.3 is 12.1 Å². The molecule has 2 amide bonds. The number of carbonyl (C=O) groups excluding carboxylic acids is 2. The van der Waals surface area contributed by atoms with Crippen LogP contribution in [-0.4, -0.2) is 36.2 Å². The summed E-state index contributed by atoms with van der Waals surface area (Å²) >= 11 is 0. The Morgan fingerprint density at radius 1 is 0.971 bits per heavy atom. The predicted molar refractivity (Wildman–Crippen MR) is 132 cm³/mol. The van der Waals surface area contributed by atoms with E-state index in [4.69, 9.17) is 9.84 Å². The molecule has 0 aliphatic heterocycles. The summed E-state index contributed by atoms with van der Waals surface area (Å²) in [7, 11) is 0. The first-order chi connectivity index (χ1) is 17.0. The molecule has 0 aromatic heterocycles. The van der Waals surface area contributed by atoms with Crippen molar-refractivity contribution in [3.05, 3.63) is 89.0 Å². The second kappa shape index (κ2) is 10.6. The Hall–Kier alpha value is -4.57. The summed E-state index contributed by atoms with van der Waals surface area (Å²) in [5, 5.41) is 13.8. The maximum Gasteiger partial charge on any atom is 0.411 e. The molecular weight excluding hydrogens is 444 g/mol. The monoisotopic (exact) mass is 468 g/mol. The number of aliphatic carboxylic acids is 1. The van der Waals surface area contributed by atoms with Gasteiger partial charge in [-0.1, -0.05) is 67.4 Å². The molecule has 176 valence electrons. The van der Waals surface area contributed by atoms with Crippen molar-refractivity contribution in [1.82, 2.24) is 5.32 Å². The third-order valence-electron chi connectivity index (χ3n) is 5.85. The van der Waals surface area contributed by atoms with E-state index in [0.29, 0.717) is 12.1 Å². The van der Waals surface area contributed by atoms with Crippen LogP contribution in [0.1, 0.15) is 39.9 Å². The number of carboxylic acid groups (broad SMARTS) is 1. The Kier molecular flexibility index (Phi) is 7.12. The summed E-state index contributed by atoms with van der Waals surface area (Å²) < 4.78 is 5.59. The van der Waals surface area contributed by atoms with Crippen molar-refractivity contribution < 1.29 is 24.2 Å². The van der Waals surface area contributed by atoms with Gasteiger partial charge in [-0.15, -0.1) is 0 Å². The number of benzene rings is 3. The van der Waals surface area contributed by atoms with Crippen molar-refractivity contribution in [3.63, 3.8) is 0 Å². The molecule has 0 fully saturated rings. The zero-order valence-corrected chi connectivity index (χ0v) is 19.1. The summed E-state index contributed by atoms with van der Waals surface area (Å²) in [6.07, 6.45) is 0.0282. The van der Waals surface area contributed by atoms with E-state index in [2.05, 4.69) is 28.7 Å². The van der Waals surface area contributed by atoms with Crippen LogP contribution in [0.4, 0.5) is 10.5 Å². The molecule has 0 saturated heterocycles. The average Bonchev–Trinajstić information content (AvgIpc) is 3.19. The Balaban J connectivity index is 1.46. The number of hydrogen-bond acceptors (Lipinski definition) is 4. The molecule has 0 unspecified atom stereocenters. The third-order valence-corrected chi connectivity index (χ3v) is 5.85. The van der Waals surface area contributed by atoms with Gasteiger partial charge in [-0.25, -0.2) is 9.59 Å². The molecule has 1 aliphatic carbocycles. The minimum absolute atomic E-state index is 0.0776. The van der Waals surface area contributed by atoms with E-state index in [1.165, 1.54) is 0 Å². The molecule has 7 heteroatoms. The summed E-state index contributed by atoms with van der Waals surface area (Å²) in [5.74, 6) is 2.46. The van der Waals surface area contributed by atoms with Gasteiger partial charge in [-0.05, 0) is 46.4 Å². The number of carbonyl (C=O) groups is 3. The first kappa shape index (κ1) is 23.6. The SMILES string of the molecule is CCc1ccc(NC(=O)OCC2c3ccccc3-c3ccccc32)c(C(=O)NCC#CC(=O)O)c1. The number of aryl methyl sites for hydroxylation is 1. The van der Waals surface area contributed by atoms with E-state index in [9.17, 15) is 14.4 Å². The quantitative estimate of drug-likeness (QED) is 0.465. The summed E-state index contributed by atoms with van der Waals surface area (Å²) in [4.78, 5) is 35.9. The minimum atomic E-state index is -1.27. The van der Waals surface area contributed by atoms with Crippen LogP contribution in [0.5, 0.6) is 0 Å². The Morgan fingerprint density at radius 2 is 1.63 bits per heavy atom. The number of anilines is 1. The van der Waals surface area contributed by atoms with E-state index < -0.39 is 18.0 Å². The number of rotatable bonds is 6. The van der Waals surface area contributed by atoms with Gasteiger partial charge in [0.1, 0.15) is 6.61 Å². The van der Waals surface area contributed by atoms with Crippen molar-refractivity contribution in [2.45, 2.75) is 19.3 Å². The molecule has 0 radical (unpaired) electrons. The van der Waals surface area contributed by atoms with Gasteiger partial charge in [-0.2, -0.15) is 0 Å². The van der Waals surface area contributed by atoms with Crippen LogP contribution in [0.15, 0.2) is 66.7 Å². The number of nitrogens with one attached hydrogen (secondary N) is 2. The highest BCUT2D eigenvalue weighted by Crippen LogP contribution is 2.44. The molecule has 35 heavy (non-hydrogen) atoms. The first-order valence-corrected chi connectivity index (χ1v) is 11.2. The maximum absolute atomic E-state index is 12.7. The summed E-state index contributed by atoms with van der Waals surface area (Å²) in [6.45, 7) is 1.97. The Labute approximate surface area is 203 Å². The molecular formula is C28H24N2O5. The zero-order chi connectivity index (χ0) is 24.8. The van der Waals surface area contributed by atoms with Crippen molar-refractivity contribution in [2.24, 2.45) is 0 Å². The Bertz CT molecular complexity index is 1310. The lowest BCUT2D eigenvalue weighted by molar-refractivity contribution is -0.130. The van der Waals surface area contributed by atoms with Crippen molar-refractivity contribution in [1.29, 1.82) is 0 Å². The highest BCUT2D eigenvalue weighted by Gasteiger charge is 2.29. The molecule has 4 rings (SSSR count). The number of fused-ring (bicyclic) bond motifs is 3. The molecule has 0 heterocycles. The van der Waals surface area contributed by atoms with E-state index in [1.54, 1.807) is 12.1 Å². The van der Waals surface area contributed by atoms with Crippen LogP contribution in [0, 0.1) is 11.8 Å². The maximum atomic E-state index is 12.7. The lowest BCUT2D eigenvalue weighted by atomic mass is 9.98. The molecule has 3 aromatic rings. The van der Waals surface area contributed by atoms with Crippen LogP contribution in [0.25, 0.3) is 11.1 Å². The fourth-order valence-electron chi connectivity index (χ4n) is 4.19. The smallest absolute Gasteiger partial charge is 0.411 e. The van der Waals surface area contributed by atoms with Crippen LogP contribution >= 0.6 is 0 Å². The van der Waals surface area contributed by atoms with E-state index in [1.807, 2.05) is 55.3 Å². The van der Waals surface area contributed by atoms with Gasteiger partial charge in [0.15, 0.2) is 0 Å². The van der Waals surface area contributed by atoms with Gasteiger partial charge < -0.3 is 15.2 Å². The molecule has 3 aromatic carbocycles. The number of carboxylic acids is 1. The zero-order valence-electron chi connectivity index (χ0n) is 19.1. The van der Waals surface area contributed by atoms with Crippen LogP contribution < -0.4 is 10.6 Å². The molecule has 0 saturated carbocycles. The summed E-state index contributed by atoms with van der Waals surface area (Å²) in [6, 6.07) is 21.3. The first-order valence-electron chi connectivity index (χ1n) is 11.2. The highest BCUT2D eigenvalue weighted by atomic mass is 16.5. The van der Waals surface area contributed by atoms with Gasteiger partial charge in [0.25, 0.3) is 5.91 Å². The van der Waals surface area contributed by atoms with Crippen molar-refractivity contribution >= 4 is 23.7 Å². The minimum Gasteiger partial charge on any atom is -0.472 e. The highest BCUT2D eigenvalue weighted by molar-refractivity contribution is 6.03. The molecule has 3 N–H and O–H groups in total. The Morgan fingerprint density at radius 3 is 2.26 bits per heavy atom. The van der Waals surface area contributed by atoms with Crippen LogP contribution in [0.3, 0.4) is 0 Å². The second-order valence-corrected chi connectivity index (χ2v) is 7.97. The van der Waals surface area contributed by atoms with Crippen LogP contribution in [0.2, 0.25) is 0 Å². The lowest BCUT2D eigenvalue weighted by Crippen LogP contribution is -2.26. The third kappa shape index (κ3) is 5.33. The van der Waals surface area contributed by atoms with Gasteiger partial charge in [0, 0.05) is 11.8 Å². The molecule has 0 spiro atoms. The average molecular weight is 469 g/mol. The number of ether oxygens (including phenoxy) is 1. The van der Waals surface area contributed by atoms with E-state index in [0.717, 1.165) is 27.8 Å². The fourth-order valence-corrected chi connectivity index (χ4v) is 4.19. The van der Waals surface area contributed by atoms with Crippen molar-refractivity contribution in [3.8, 4) is 23.0 Å². The fraction of sp³-hybridized carbons (Fsp3) is 0.179. The normalized spacial score (nSPS) is 11.5. The topological polar surface area (TPSA) is 105 Å². The molecule has 1 aliphatic rings. The number of hydrogen-bond donors (Lipinski definition) is 3. The van der Waals surface area contributed by atoms with Gasteiger partial charge in [0.2, 0.25) is 0 Å². The predicted octanol–water partition coefficient (Wildman–Crippen LogP) is 4.43. The summed E-state index contributed by atoms with van der Waals surface area (Å²) in [5.41, 5.74) is 5.94. The van der Waals surface area contributed by atoms with E-state index in [-0.39, 0.29) is 24.6 Å². The molecule has 0 atom stereocenters. The van der Waals surface area contributed by atoms with Crippen LogP contribution in [-0.2, 0) is 16.0 Å². The van der Waals surface area contributed by atoms with E-state index >= 15 is 0 Å². The standard InChI is InChI=1S/C28H24N2O5/c1-2-18-13-14-25(23(16-18)27(33)29-15-7-12-26(31)32)30-28(34)35-17-24-21-10-5-3-8-19(21)20-9-4-6-11-22(20)24/h3-6,8-11,13-14,16,24H,2,15,17H2,1H3,(H,29,33)(H,30,34)(H,31,32). The largest absolute Gasteiger partial charge is 0.472 e. The second-order valence-electron chi connectivity index (χ2n) is 7.97. The molecule has 7 nitrogen and oxygen atoms in total. The number of amides is 2. The van der Waals surface area contributed by atoms with Gasteiger partial charge in [-0.3, -0.25) is 10.1 Å². The van der Waals surface area contributed by atoms with Crippen molar-refractivity contribution in [2.75, 3.05) is 18.5 Å².